The Bertz CT molecular complexity index is 958. The van der Waals surface area contributed by atoms with E-state index in [-0.39, 0.29) is 5.91 Å². The smallest absolute Gasteiger partial charge is 0.274 e. The minimum Gasteiger partial charge on any atom is -0.372 e. The molecule has 0 spiro atoms. The molecule has 3 aromatic rings. The summed E-state index contributed by atoms with van der Waals surface area (Å²) in [7, 11) is 0. The number of amides is 1. The molecule has 142 valence electrons. The van der Waals surface area contributed by atoms with Crippen molar-refractivity contribution in [2.75, 3.05) is 23.3 Å². The molecule has 1 aromatic carbocycles. The Morgan fingerprint density at radius 2 is 1.85 bits per heavy atom. The van der Waals surface area contributed by atoms with Crippen molar-refractivity contribution < 1.29 is 4.79 Å². The van der Waals surface area contributed by atoms with Gasteiger partial charge in [0.2, 0.25) is 0 Å². The number of aromatic nitrogens is 2. The van der Waals surface area contributed by atoms with Crippen LogP contribution in [0.15, 0.2) is 41.0 Å². The highest BCUT2D eigenvalue weighted by Gasteiger charge is 2.20. The second-order valence-electron chi connectivity index (χ2n) is 6.47. The van der Waals surface area contributed by atoms with Gasteiger partial charge in [-0.2, -0.15) is 0 Å². The molecule has 27 heavy (non-hydrogen) atoms. The summed E-state index contributed by atoms with van der Waals surface area (Å²) in [5.41, 5.74) is 5.16. The fourth-order valence-electron chi connectivity index (χ4n) is 3.34. The second-order valence-corrected chi connectivity index (χ2v) is 7.38. The summed E-state index contributed by atoms with van der Waals surface area (Å²) in [5.74, 6) is -0.146. The highest BCUT2D eigenvalue weighted by atomic mass is 79.9. The van der Waals surface area contributed by atoms with E-state index in [0.29, 0.717) is 12.1 Å². The van der Waals surface area contributed by atoms with Gasteiger partial charge in [-0.3, -0.25) is 9.20 Å². The van der Waals surface area contributed by atoms with E-state index in [2.05, 4.69) is 45.0 Å². The minimum absolute atomic E-state index is 0.146. The summed E-state index contributed by atoms with van der Waals surface area (Å²) in [4.78, 5) is 20.0. The van der Waals surface area contributed by atoms with E-state index in [1.54, 1.807) is 0 Å². The standard InChI is InChI=1S/C21H25BrN4O/c1-5-18-19(26-13-15(22)12-14(4)20(26)24-18)21(27)23-16-8-10-17(11-9-16)25(6-2)7-3/h8-13H,5-7H2,1-4H3,(H,23,27). The van der Waals surface area contributed by atoms with Gasteiger partial charge in [-0.15, -0.1) is 0 Å². The molecular formula is C21H25BrN4O. The van der Waals surface area contributed by atoms with E-state index in [1.807, 2.05) is 54.8 Å². The number of hydrogen-bond acceptors (Lipinski definition) is 3. The lowest BCUT2D eigenvalue weighted by Crippen LogP contribution is -2.21. The zero-order valence-corrected chi connectivity index (χ0v) is 17.8. The maximum absolute atomic E-state index is 13.0. The normalized spacial score (nSPS) is 11.0. The van der Waals surface area contributed by atoms with Crippen LogP contribution in [0.25, 0.3) is 5.65 Å². The lowest BCUT2D eigenvalue weighted by molar-refractivity contribution is 0.102. The Balaban J connectivity index is 1.92. The fraction of sp³-hybridized carbons (Fsp3) is 0.333. The summed E-state index contributed by atoms with van der Waals surface area (Å²) < 4.78 is 2.79. The van der Waals surface area contributed by atoms with E-state index < -0.39 is 0 Å². The molecule has 6 heteroatoms. The van der Waals surface area contributed by atoms with E-state index in [1.165, 1.54) is 0 Å². The van der Waals surface area contributed by atoms with Crippen molar-refractivity contribution in [2.45, 2.75) is 34.1 Å². The van der Waals surface area contributed by atoms with Crippen molar-refractivity contribution in [3.63, 3.8) is 0 Å². The van der Waals surface area contributed by atoms with Crippen LogP contribution in [-0.2, 0) is 6.42 Å². The molecule has 0 aliphatic rings. The molecule has 0 bridgehead atoms. The Labute approximate surface area is 168 Å². The van der Waals surface area contributed by atoms with Gasteiger partial charge in [-0.1, -0.05) is 6.92 Å². The van der Waals surface area contributed by atoms with E-state index >= 15 is 0 Å². The van der Waals surface area contributed by atoms with Crippen LogP contribution < -0.4 is 10.2 Å². The summed E-state index contributed by atoms with van der Waals surface area (Å²) >= 11 is 3.51. The van der Waals surface area contributed by atoms with Crippen LogP contribution in [0.3, 0.4) is 0 Å². The quantitative estimate of drug-likeness (QED) is 0.596. The van der Waals surface area contributed by atoms with Crippen molar-refractivity contribution in [1.82, 2.24) is 9.38 Å². The molecule has 0 aliphatic carbocycles. The van der Waals surface area contributed by atoms with Crippen molar-refractivity contribution in [3.8, 4) is 0 Å². The summed E-state index contributed by atoms with van der Waals surface area (Å²) in [6.07, 6.45) is 2.59. The fourth-order valence-corrected chi connectivity index (χ4v) is 3.89. The molecule has 0 aliphatic heterocycles. The van der Waals surface area contributed by atoms with Gasteiger partial charge in [0.05, 0.1) is 5.69 Å². The Morgan fingerprint density at radius 1 is 1.19 bits per heavy atom. The summed E-state index contributed by atoms with van der Waals surface area (Å²) in [6.45, 7) is 10.2. The summed E-state index contributed by atoms with van der Waals surface area (Å²) in [5, 5.41) is 3.02. The van der Waals surface area contributed by atoms with Gasteiger partial charge in [0.15, 0.2) is 0 Å². The average Bonchev–Trinajstić information content (AvgIpc) is 3.03. The number of nitrogens with one attached hydrogen (secondary N) is 1. The molecule has 0 unspecified atom stereocenters. The number of anilines is 2. The lowest BCUT2D eigenvalue weighted by Gasteiger charge is -2.21. The Kier molecular flexibility index (Phi) is 5.85. The van der Waals surface area contributed by atoms with Gasteiger partial charge >= 0.3 is 0 Å². The number of carbonyl (C=O) groups excluding carboxylic acids is 1. The molecule has 0 radical (unpaired) electrons. The lowest BCUT2D eigenvalue weighted by atomic mass is 10.2. The highest BCUT2D eigenvalue weighted by molar-refractivity contribution is 9.10. The van der Waals surface area contributed by atoms with Crippen LogP contribution in [0.2, 0.25) is 0 Å². The van der Waals surface area contributed by atoms with Crippen LogP contribution >= 0.6 is 15.9 Å². The number of carbonyl (C=O) groups is 1. The number of halogens is 1. The van der Waals surface area contributed by atoms with Gasteiger partial charge < -0.3 is 10.2 Å². The maximum Gasteiger partial charge on any atom is 0.274 e. The second kappa shape index (κ2) is 8.13. The third-order valence-electron chi connectivity index (χ3n) is 4.75. The van der Waals surface area contributed by atoms with Crippen molar-refractivity contribution >= 4 is 38.9 Å². The van der Waals surface area contributed by atoms with E-state index in [4.69, 9.17) is 0 Å². The first kappa shape index (κ1) is 19.4. The third-order valence-corrected chi connectivity index (χ3v) is 5.18. The van der Waals surface area contributed by atoms with Crippen molar-refractivity contribution in [1.29, 1.82) is 0 Å². The Morgan fingerprint density at radius 3 is 2.44 bits per heavy atom. The molecule has 5 nitrogen and oxygen atoms in total. The number of aryl methyl sites for hydroxylation is 2. The van der Waals surface area contributed by atoms with Gasteiger partial charge in [-0.05, 0) is 79.0 Å². The monoisotopic (exact) mass is 428 g/mol. The largest absolute Gasteiger partial charge is 0.372 e. The van der Waals surface area contributed by atoms with Gasteiger partial charge in [0, 0.05) is 35.1 Å². The molecular weight excluding hydrogens is 404 g/mol. The number of hydrogen-bond donors (Lipinski definition) is 1. The Hall–Kier alpha value is -2.34. The maximum atomic E-state index is 13.0. The topological polar surface area (TPSA) is 49.6 Å². The van der Waals surface area contributed by atoms with E-state index in [0.717, 1.165) is 45.8 Å². The van der Waals surface area contributed by atoms with Gasteiger partial charge in [0.1, 0.15) is 11.3 Å². The predicted molar refractivity (Wildman–Crippen MR) is 115 cm³/mol. The predicted octanol–water partition coefficient (Wildman–Crippen LogP) is 5.07. The SMILES string of the molecule is CCc1nc2c(C)cc(Br)cn2c1C(=O)Nc1ccc(N(CC)CC)cc1. The zero-order chi connectivity index (χ0) is 19.6. The first-order chi connectivity index (χ1) is 13.0. The molecule has 2 aromatic heterocycles. The van der Waals surface area contributed by atoms with Crippen LogP contribution in [-0.4, -0.2) is 28.4 Å². The first-order valence-corrected chi connectivity index (χ1v) is 10.1. The zero-order valence-electron chi connectivity index (χ0n) is 16.2. The number of pyridine rings is 1. The van der Waals surface area contributed by atoms with Gasteiger partial charge in [-0.25, -0.2) is 4.98 Å². The number of nitrogens with zero attached hydrogens (tertiary/aromatic N) is 3. The van der Waals surface area contributed by atoms with Crippen LogP contribution in [0.4, 0.5) is 11.4 Å². The van der Waals surface area contributed by atoms with Gasteiger partial charge in [0.25, 0.3) is 5.91 Å². The molecule has 1 N–H and O–H groups in total. The van der Waals surface area contributed by atoms with Crippen molar-refractivity contribution in [2.24, 2.45) is 0 Å². The highest BCUT2D eigenvalue weighted by Crippen LogP contribution is 2.23. The van der Waals surface area contributed by atoms with Crippen molar-refractivity contribution in [3.05, 3.63) is 58.0 Å². The van der Waals surface area contributed by atoms with Crippen LogP contribution in [0.5, 0.6) is 0 Å². The average molecular weight is 429 g/mol. The minimum atomic E-state index is -0.146. The molecule has 0 fully saturated rings. The molecule has 3 rings (SSSR count). The molecule has 0 saturated carbocycles. The number of imidazole rings is 1. The third kappa shape index (κ3) is 3.86. The van der Waals surface area contributed by atoms with Crippen LogP contribution in [0, 0.1) is 6.92 Å². The number of rotatable bonds is 6. The number of benzene rings is 1. The molecule has 1 amide bonds. The number of fused-ring (bicyclic) bond motifs is 1. The summed E-state index contributed by atoms with van der Waals surface area (Å²) in [6, 6.07) is 9.98. The molecule has 2 heterocycles. The van der Waals surface area contributed by atoms with E-state index in [9.17, 15) is 4.79 Å². The van der Waals surface area contributed by atoms with Crippen LogP contribution in [0.1, 0.15) is 42.5 Å². The molecule has 0 atom stereocenters. The molecule has 0 saturated heterocycles. The first-order valence-electron chi connectivity index (χ1n) is 9.31.